The second-order valence-electron chi connectivity index (χ2n) is 2.32. The van der Waals surface area contributed by atoms with Gasteiger partial charge in [-0.1, -0.05) is 6.58 Å². The number of carboxylic acid groups (broad SMARTS) is 1. The van der Waals surface area contributed by atoms with Gasteiger partial charge >= 0.3 is 5.97 Å². The predicted octanol–water partition coefficient (Wildman–Crippen LogP) is 0.920. The molecule has 1 atom stereocenters. The summed E-state index contributed by atoms with van der Waals surface area (Å²) in [7, 11) is 0. The second kappa shape index (κ2) is 3.23. The Morgan fingerprint density at radius 1 is 1.75 bits per heavy atom. The van der Waals surface area contributed by atoms with Gasteiger partial charge in [-0.25, -0.2) is 4.79 Å². The van der Waals surface area contributed by atoms with Gasteiger partial charge in [-0.15, -0.1) is 0 Å². The Kier molecular flexibility index (Phi) is 2.30. The summed E-state index contributed by atoms with van der Waals surface area (Å²) in [4.78, 5) is 10.4. The molecule has 0 saturated heterocycles. The summed E-state index contributed by atoms with van der Waals surface area (Å²) < 4.78 is 4.92. The molecule has 0 saturated carbocycles. The molecule has 1 unspecified atom stereocenters. The molecule has 0 fully saturated rings. The van der Waals surface area contributed by atoms with Crippen molar-refractivity contribution in [3.05, 3.63) is 36.3 Å². The molecule has 4 heteroatoms. The van der Waals surface area contributed by atoms with Crippen molar-refractivity contribution in [2.75, 3.05) is 0 Å². The lowest BCUT2D eigenvalue weighted by Gasteiger charge is -2.06. The number of aliphatic carboxylic acids is 1. The monoisotopic (exact) mass is 167 g/mol. The van der Waals surface area contributed by atoms with Gasteiger partial charge in [0.15, 0.2) is 0 Å². The van der Waals surface area contributed by atoms with Crippen molar-refractivity contribution in [3.8, 4) is 0 Å². The molecule has 3 N–H and O–H groups in total. The number of hydrogen-bond acceptors (Lipinski definition) is 3. The standard InChI is InChI=1S/C8H9NO3/c1-5(8(10)11)7(9)6-3-2-4-12-6/h2-4,7H,1,9H2,(H,10,11). The molecular weight excluding hydrogens is 158 g/mol. The van der Waals surface area contributed by atoms with Gasteiger partial charge in [0.2, 0.25) is 0 Å². The maximum atomic E-state index is 10.4. The fourth-order valence-electron chi connectivity index (χ4n) is 0.773. The fourth-order valence-corrected chi connectivity index (χ4v) is 0.773. The lowest BCUT2D eigenvalue weighted by molar-refractivity contribution is -0.133. The molecule has 0 aliphatic rings. The van der Waals surface area contributed by atoms with Crippen LogP contribution < -0.4 is 5.73 Å². The van der Waals surface area contributed by atoms with Crippen molar-refractivity contribution in [3.63, 3.8) is 0 Å². The molecule has 4 nitrogen and oxygen atoms in total. The SMILES string of the molecule is C=C(C(=O)O)C(N)c1ccco1. The van der Waals surface area contributed by atoms with E-state index in [0.29, 0.717) is 5.76 Å². The van der Waals surface area contributed by atoms with Gasteiger partial charge in [0.05, 0.1) is 17.9 Å². The van der Waals surface area contributed by atoms with E-state index in [4.69, 9.17) is 15.3 Å². The highest BCUT2D eigenvalue weighted by Gasteiger charge is 2.17. The number of carbonyl (C=O) groups is 1. The van der Waals surface area contributed by atoms with Gasteiger partial charge < -0.3 is 15.3 Å². The highest BCUT2D eigenvalue weighted by Crippen LogP contribution is 2.17. The third kappa shape index (κ3) is 1.54. The molecule has 64 valence electrons. The molecule has 1 rings (SSSR count). The maximum Gasteiger partial charge on any atom is 0.333 e. The molecule has 1 aromatic heterocycles. The van der Waals surface area contributed by atoms with Crippen molar-refractivity contribution >= 4 is 5.97 Å². The summed E-state index contributed by atoms with van der Waals surface area (Å²) >= 11 is 0. The van der Waals surface area contributed by atoms with Gasteiger partial charge in [-0.05, 0) is 12.1 Å². The van der Waals surface area contributed by atoms with Gasteiger partial charge in [0.1, 0.15) is 5.76 Å². The third-order valence-electron chi connectivity index (χ3n) is 1.50. The van der Waals surface area contributed by atoms with Gasteiger partial charge in [0, 0.05) is 0 Å². The number of carboxylic acids is 1. The average molecular weight is 167 g/mol. The molecule has 12 heavy (non-hydrogen) atoms. The summed E-state index contributed by atoms with van der Waals surface area (Å²) in [6, 6.07) is 2.49. The summed E-state index contributed by atoms with van der Waals surface area (Å²) in [6.07, 6.45) is 1.43. The van der Waals surface area contributed by atoms with Crippen LogP contribution in [0.25, 0.3) is 0 Å². The molecule has 1 heterocycles. The molecule has 1 aromatic rings. The molecular formula is C8H9NO3. The summed E-state index contributed by atoms with van der Waals surface area (Å²) in [5, 5.41) is 8.53. The minimum atomic E-state index is -1.11. The van der Waals surface area contributed by atoms with Crippen molar-refractivity contribution in [2.45, 2.75) is 6.04 Å². The molecule has 0 bridgehead atoms. The Labute approximate surface area is 69.3 Å². The van der Waals surface area contributed by atoms with Gasteiger partial charge in [0.25, 0.3) is 0 Å². The first-order chi connectivity index (χ1) is 5.63. The van der Waals surface area contributed by atoms with E-state index in [2.05, 4.69) is 6.58 Å². The van der Waals surface area contributed by atoms with Crippen LogP contribution in [0.3, 0.4) is 0 Å². The van der Waals surface area contributed by atoms with Crippen molar-refractivity contribution < 1.29 is 14.3 Å². The van der Waals surface area contributed by atoms with Crippen LogP contribution in [0.5, 0.6) is 0 Å². The molecule has 0 aliphatic carbocycles. The quantitative estimate of drug-likeness (QED) is 0.656. The van der Waals surface area contributed by atoms with Crippen molar-refractivity contribution in [2.24, 2.45) is 5.73 Å². The van der Waals surface area contributed by atoms with E-state index in [0.717, 1.165) is 0 Å². The summed E-state index contributed by atoms with van der Waals surface area (Å²) in [6.45, 7) is 3.33. The van der Waals surface area contributed by atoms with Crippen LogP contribution in [0.15, 0.2) is 35.0 Å². The third-order valence-corrected chi connectivity index (χ3v) is 1.50. The van der Waals surface area contributed by atoms with Crippen LogP contribution >= 0.6 is 0 Å². The lowest BCUT2D eigenvalue weighted by atomic mass is 10.1. The Bertz CT molecular complexity index is 289. The summed E-state index contributed by atoms with van der Waals surface area (Å²) in [5.74, 6) is -0.707. The predicted molar refractivity (Wildman–Crippen MR) is 42.4 cm³/mol. The Hall–Kier alpha value is -1.55. The van der Waals surface area contributed by atoms with E-state index >= 15 is 0 Å². The van der Waals surface area contributed by atoms with E-state index in [9.17, 15) is 4.79 Å². The fraction of sp³-hybridized carbons (Fsp3) is 0.125. The Morgan fingerprint density at radius 2 is 2.42 bits per heavy atom. The largest absolute Gasteiger partial charge is 0.478 e. The zero-order valence-electron chi connectivity index (χ0n) is 6.36. The van der Waals surface area contributed by atoms with E-state index in [1.165, 1.54) is 6.26 Å². The highest BCUT2D eigenvalue weighted by atomic mass is 16.4. The first kappa shape index (κ1) is 8.55. The molecule has 0 radical (unpaired) electrons. The zero-order valence-corrected chi connectivity index (χ0v) is 6.36. The lowest BCUT2D eigenvalue weighted by Crippen LogP contribution is -2.17. The minimum Gasteiger partial charge on any atom is -0.478 e. The number of hydrogen-bond donors (Lipinski definition) is 2. The molecule has 0 aliphatic heterocycles. The number of furan rings is 1. The Morgan fingerprint density at radius 3 is 2.83 bits per heavy atom. The van der Waals surface area contributed by atoms with E-state index in [1.54, 1.807) is 12.1 Å². The summed E-state index contributed by atoms with van der Waals surface area (Å²) in [5.41, 5.74) is 5.43. The smallest absolute Gasteiger partial charge is 0.333 e. The van der Waals surface area contributed by atoms with Crippen molar-refractivity contribution in [1.82, 2.24) is 0 Å². The maximum absolute atomic E-state index is 10.4. The number of rotatable bonds is 3. The molecule has 0 spiro atoms. The number of nitrogens with two attached hydrogens (primary N) is 1. The zero-order chi connectivity index (χ0) is 9.14. The van der Waals surface area contributed by atoms with Crippen LogP contribution in [0.1, 0.15) is 11.8 Å². The second-order valence-corrected chi connectivity index (χ2v) is 2.32. The average Bonchev–Trinajstić information content (AvgIpc) is 2.53. The van der Waals surface area contributed by atoms with E-state index < -0.39 is 12.0 Å². The van der Waals surface area contributed by atoms with Gasteiger partial charge in [-0.3, -0.25) is 0 Å². The topological polar surface area (TPSA) is 76.5 Å². The van der Waals surface area contributed by atoms with Crippen molar-refractivity contribution in [1.29, 1.82) is 0 Å². The van der Waals surface area contributed by atoms with Crippen LogP contribution in [-0.2, 0) is 4.79 Å². The normalized spacial score (nSPS) is 12.4. The van der Waals surface area contributed by atoms with Crippen LogP contribution in [0, 0.1) is 0 Å². The van der Waals surface area contributed by atoms with E-state index in [-0.39, 0.29) is 5.57 Å². The van der Waals surface area contributed by atoms with E-state index in [1.807, 2.05) is 0 Å². The first-order valence-corrected chi connectivity index (χ1v) is 3.34. The molecule has 0 amide bonds. The van der Waals surface area contributed by atoms with Crippen LogP contribution in [0.4, 0.5) is 0 Å². The van der Waals surface area contributed by atoms with Gasteiger partial charge in [-0.2, -0.15) is 0 Å². The Balaban J connectivity index is 2.79. The first-order valence-electron chi connectivity index (χ1n) is 3.34. The molecule has 0 aromatic carbocycles. The highest BCUT2D eigenvalue weighted by molar-refractivity contribution is 5.87. The van der Waals surface area contributed by atoms with Crippen LogP contribution in [0.2, 0.25) is 0 Å². The van der Waals surface area contributed by atoms with Crippen LogP contribution in [-0.4, -0.2) is 11.1 Å². The minimum absolute atomic E-state index is 0.0787.